The molecule has 2 aromatic rings. The number of hydrogen-bond acceptors (Lipinski definition) is 5. The van der Waals surface area contributed by atoms with Gasteiger partial charge in [0, 0.05) is 10.7 Å². The Hall–Kier alpha value is -2.41. The number of oxime groups is 1. The largest absolute Gasteiger partial charge is 0.479 e. The molecule has 0 aliphatic heterocycles. The standard InChI is InChI=1S/C15H14BrN3O3/c1-10(21-12-7-5-11(16)6-8-12)15(20)22-19-14(17)13-4-2-3-9-18-13/h2-10H,1H3,(H2,17,19). The third kappa shape index (κ3) is 4.56. The molecule has 6 nitrogen and oxygen atoms in total. The van der Waals surface area contributed by atoms with Crippen LogP contribution in [0.15, 0.2) is 58.3 Å². The van der Waals surface area contributed by atoms with Crippen LogP contribution in [-0.4, -0.2) is 22.9 Å². The molecular formula is C15H14BrN3O3. The summed E-state index contributed by atoms with van der Waals surface area (Å²) in [5, 5.41) is 3.57. The summed E-state index contributed by atoms with van der Waals surface area (Å²) in [6, 6.07) is 12.3. The van der Waals surface area contributed by atoms with Gasteiger partial charge in [-0.05, 0) is 43.3 Å². The van der Waals surface area contributed by atoms with E-state index in [0.717, 1.165) is 4.47 Å². The smallest absolute Gasteiger partial charge is 0.374 e. The van der Waals surface area contributed by atoms with Crippen molar-refractivity contribution in [3.05, 3.63) is 58.8 Å². The summed E-state index contributed by atoms with van der Waals surface area (Å²) < 4.78 is 6.37. The minimum absolute atomic E-state index is 0.0183. The van der Waals surface area contributed by atoms with Gasteiger partial charge in [-0.2, -0.15) is 0 Å². The van der Waals surface area contributed by atoms with Crippen molar-refractivity contribution in [3.8, 4) is 5.75 Å². The van der Waals surface area contributed by atoms with Gasteiger partial charge < -0.3 is 15.3 Å². The number of aromatic nitrogens is 1. The van der Waals surface area contributed by atoms with Gasteiger partial charge in [0.1, 0.15) is 11.4 Å². The molecule has 2 rings (SSSR count). The zero-order chi connectivity index (χ0) is 15.9. The minimum Gasteiger partial charge on any atom is -0.479 e. The van der Waals surface area contributed by atoms with E-state index in [1.807, 2.05) is 12.1 Å². The lowest BCUT2D eigenvalue weighted by Crippen LogP contribution is -2.26. The molecule has 2 N–H and O–H groups in total. The highest BCUT2D eigenvalue weighted by atomic mass is 79.9. The molecule has 114 valence electrons. The van der Waals surface area contributed by atoms with Crippen molar-refractivity contribution in [1.82, 2.24) is 4.98 Å². The zero-order valence-corrected chi connectivity index (χ0v) is 13.4. The fourth-order valence-electron chi connectivity index (χ4n) is 1.49. The van der Waals surface area contributed by atoms with Crippen molar-refractivity contribution in [2.75, 3.05) is 0 Å². The minimum atomic E-state index is -0.818. The lowest BCUT2D eigenvalue weighted by molar-refractivity contribution is -0.151. The molecule has 0 radical (unpaired) electrons. The fraction of sp³-hybridized carbons (Fsp3) is 0.133. The number of nitrogens with two attached hydrogens (primary N) is 1. The Morgan fingerprint density at radius 3 is 2.64 bits per heavy atom. The average molecular weight is 364 g/mol. The topological polar surface area (TPSA) is 86.8 Å². The van der Waals surface area contributed by atoms with Gasteiger partial charge in [-0.1, -0.05) is 27.2 Å². The van der Waals surface area contributed by atoms with E-state index in [-0.39, 0.29) is 5.84 Å². The predicted octanol–water partition coefficient (Wildman–Crippen LogP) is 2.48. The van der Waals surface area contributed by atoms with Crippen LogP contribution in [0.1, 0.15) is 12.6 Å². The van der Waals surface area contributed by atoms with Gasteiger partial charge in [-0.15, -0.1) is 0 Å². The van der Waals surface area contributed by atoms with Gasteiger partial charge in [0.15, 0.2) is 11.9 Å². The van der Waals surface area contributed by atoms with Crippen LogP contribution in [0.3, 0.4) is 0 Å². The molecule has 0 amide bonds. The van der Waals surface area contributed by atoms with Gasteiger partial charge in [0.25, 0.3) is 0 Å². The van der Waals surface area contributed by atoms with Crippen LogP contribution >= 0.6 is 15.9 Å². The van der Waals surface area contributed by atoms with Gasteiger partial charge in [0.05, 0.1) is 0 Å². The highest BCUT2D eigenvalue weighted by Gasteiger charge is 2.17. The van der Waals surface area contributed by atoms with E-state index in [4.69, 9.17) is 15.3 Å². The molecule has 0 aliphatic carbocycles. The molecule has 0 bridgehead atoms. The maximum absolute atomic E-state index is 11.8. The summed E-state index contributed by atoms with van der Waals surface area (Å²) in [6.45, 7) is 1.57. The molecular weight excluding hydrogens is 350 g/mol. The summed E-state index contributed by atoms with van der Waals surface area (Å²) in [4.78, 5) is 20.6. The number of amidine groups is 1. The maximum atomic E-state index is 11.8. The molecule has 1 unspecified atom stereocenters. The van der Waals surface area contributed by atoms with Crippen molar-refractivity contribution in [2.24, 2.45) is 10.9 Å². The first kappa shape index (κ1) is 16.0. The van der Waals surface area contributed by atoms with Crippen molar-refractivity contribution in [2.45, 2.75) is 13.0 Å². The van der Waals surface area contributed by atoms with Gasteiger partial charge >= 0.3 is 5.97 Å². The number of halogens is 1. The van der Waals surface area contributed by atoms with Crippen LogP contribution in [0.2, 0.25) is 0 Å². The first-order valence-corrected chi connectivity index (χ1v) is 7.23. The quantitative estimate of drug-likeness (QED) is 0.381. The summed E-state index contributed by atoms with van der Waals surface area (Å²) in [5.41, 5.74) is 6.10. The van der Waals surface area contributed by atoms with Crippen molar-refractivity contribution in [3.63, 3.8) is 0 Å². The van der Waals surface area contributed by atoms with Crippen molar-refractivity contribution < 1.29 is 14.4 Å². The zero-order valence-electron chi connectivity index (χ0n) is 11.8. The molecule has 0 spiro atoms. The number of benzene rings is 1. The Kier molecular flexibility index (Phi) is 5.48. The number of carbonyl (C=O) groups is 1. The number of nitrogens with zero attached hydrogens (tertiary/aromatic N) is 2. The summed E-state index contributed by atoms with van der Waals surface area (Å²) in [6.07, 6.45) is 0.750. The highest BCUT2D eigenvalue weighted by molar-refractivity contribution is 9.10. The maximum Gasteiger partial charge on any atom is 0.374 e. The highest BCUT2D eigenvalue weighted by Crippen LogP contribution is 2.17. The van der Waals surface area contributed by atoms with Crippen LogP contribution in [0.4, 0.5) is 0 Å². The first-order valence-electron chi connectivity index (χ1n) is 6.44. The molecule has 7 heteroatoms. The Morgan fingerprint density at radius 2 is 2.00 bits per heavy atom. The van der Waals surface area contributed by atoms with Crippen molar-refractivity contribution in [1.29, 1.82) is 0 Å². The van der Waals surface area contributed by atoms with Gasteiger partial charge in [-0.25, -0.2) is 4.79 Å². The fourth-order valence-corrected chi connectivity index (χ4v) is 1.76. The van der Waals surface area contributed by atoms with E-state index >= 15 is 0 Å². The third-order valence-electron chi connectivity index (χ3n) is 2.62. The first-order chi connectivity index (χ1) is 10.6. The van der Waals surface area contributed by atoms with E-state index in [1.165, 1.54) is 0 Å². The molecule has 0 saturated carbocycles. The number of pyridine rings is 1. The Morgan fingerprint density at radius 1 is 1.27 bits per heavy atom. The second-order valence-corrected chi connectivity index (χ2v) is 5.23. The van der Waals surface area contributed by atoms with E-state index in [2.05, 4.69) is 26.1 Å². The van der Waals surface area contributed by atoms with E-state index in [0.29, 0.717) is 11.4 Å². The monoisotopic (exact) mass is 363 g/mol. The Labute approximate surface area is 136 Å². The number of rotatable bonds is 5. The lowest BCUT2D eigenvalue weighted by Gasteiger charge is -2.11. The Balaban J connectivity index is 1.92. The second kappa shape index (κ2) is 7.56. The van der Waals surface area contributed by atoms with Crippen LogP contribution in [0, 0.1) is 0 Å². The average Bonchev–Trinajstić information content (AvgIpc) is 2.55. The molecule has 1 aromatic heterocycles. The number of carbonyl (C=O) groups excluding carboxylic acids is 1. The molecule has 1 heterocycles. The summed E-state index contributed by atoms with van der Waals surface area (Å²) in [5.74, 6) is -0.0825. The lowest BCUT2D eigenvalue weighted by atomic mass is 10.3. The molecule has 1 aromatic carbocycles. The molecule has 0 saturated heterocycles. The predicted molar refractivity (Wildman–Crippen MR) is 85.3 cm³/mol. The van der Waals surface area contributed by atoms with Crippen LogP contribution < -0.4 is 10.5 Å². The Bertz CT molecular complexity index is 659. The summed E-state index contributed by atoms with van der Waals surface area (Å²) in [7, 11) is 0. The molecule has 0 fully saturated rings. The van der Waals surface area contributed by atoms with E-state index < -0.39 is 12.1 Å². The van der Waals surface area contributed by atoms with Crippen LogP contribution in [-0.2, 0) is 9.63 Å². The molecule has 1 atom stereocenters. The van der Waals surface area contributed by atoms with Gasteiger partial charge in [-0.3, -0.25) is 4.98 Å². The van der Waals surface area contributed by atoms with Crippen molar-refractivity contribution >= 4 is 27.7 Å². The van der Waals surface area contributed by atoms with Crippen LogP contribution in [0.25, 0.3) is 0 Å². The second-order valence-electron chi connectivity index (χ2n) is 4.32. The summed E-state index contributed by atoms with van der Waals surface area (Å²) >= 11 is 3.32. The normalized spacial score (nSPS) is 12.5. The van der Waals surface area contributed by atoms with Gasteiger partial charge in [0.2, 0.25) is 0 Å². The third-order valence-corrected chi connectivity index (χ3v) is 3.15. The van der Waals surface area contributed by atoms with E-state index in [9.17, 15) is 4.79 Å². The number of ether oxygens (including phenoxy) is 1. The molecule has 22 heavy (non-hydrogen) atoms. The number of hydrogen-bond donors (Lipinski definition) is 1. The SMILES string of the molecule is CC(Oc1ccc(Br)cc1)C(=O)ON=C(N)c1ccccn1. The van der Waals surface area contributed by atoms with Crippen LogP contribution in [0.5, 0.6) is 5.75 Å². The van der Waals surface area contributed by atoms with E-state index in [1.54, 1.807) is 43.5 Å². The molecule has 0 aliphatic rings.